The lowest BCUT2D eigenvalue weighted by Crippen LogP contribution is -2.11. The highest BCUT2D eigenvalue weighted by Gasteiger charge is 2.17. The van der Waals surface area contributed by atoms with Crippen LogP contribution in [0.4, 0.5) is 0 Å². The smallest absolute Gasteiger partial charge is 0.118 e. The Balaban J connectivity index is 2.15. The third-order valence-corrected chi connectivity index (χ3v) is 5.46. The van der Waals surface area contributed by atoms with Crippen molar-refractivity contribution in [3.8, 4) is 5.75 Å². The lowest BCUT2D eigenvalue weighted by Gasteiger charge is -2.23. The maximum absolute atomic E-state index is 6.48. The molecule has 3 N–H and O–H groups in total. The Morgan fingerprint density at radius 2 is 1.91 bits per heavy atom. The van der Waals surface area contributed by atoms with Gasteiger partial charge in [-0.1, -0.05) is 32.1 Å². The van der Waals surface area contributed by atoms with Crippen LogP contribution in [0.25, 0.3) is 5.70 Å². The Bertz CT molecular complexity index is 478. The molecule has 122 valence electrons. The van der Waals surface area contributed by atoms with E-state index in [1.165, 1.54) is 37.0 Å². The van der Waals surface area contributed by atoms with Crippen LogP contribution < -0.4 is 15.8 Å². The molecule has 0 heterocycles. The quantitative estimate of drug-likeness (QED) is 0.739. The summed E-state index contributed by atoms with van der Waals surface area (Å²) < 4.78 is 5.22. The number of rotatable bonds is 7. The fraction of sp³-hybridized carbons (Fsp3) is 0.556. The Labute approximate surface area is 138 Å². The molecule has 0 bridgehead atoms. The average molecular weight is 321 g/mol. The summed E-state index contributed by atoms with van der Waals surface area (Å²) >= 11 is 1.84. The van der Waals surface area contributed by atoms with Crippen LogP contribution in [0.15, 0.2) is 29.2 Å². The highest BCUT2D eigenvalue weighted by molar-refractivity contribution is 8.03. The van der Waals surface area contributed by atoms with E-state index >= 15 is 0 Å². The largest absolute Gasteiger partial charge is 0.497 e. The van der Waals surface area contributed by atoms with Crippen molar-refractivity contribution >= 4 is 17.5 Å². The minimum Gasteiger partial charge on any atom is -0.497 e. The zero-order valence-electron chi connectivity index (χ0n) is 13.7. The van der Waals surface area contributed by atoms with E-state index < -0.39 is 0 Å². The van der Waals surface area contributed by atoms with E-state index in [-0.39, 0.29) is 0 Å². The molecule has 1 aliphatic carbocycles. The summed E-state index contributed by atoms with van der Waals surface area (Å²) in [6.45, 7) is 0. The van der Waals surface area contributed by atoms with E-state index in [1.54, 1.807) is 7.11 Å². The maximum atomic E-state index is 6.48. The second kappa shape index (κ2) is 9.11. The molecular weight excluding hydrogens is 292 g/mol. The zero-order valence-corrected chi connectivity index (χ0v) is 14.5. The average Bonchev–Trinajstić information content (AvgIpc) is 2.59. The van der Waals surface area contributed by atoms with E-state index in [4.69, 9.17) is 10.5 Å². The number of thioether (sulfide) groups is 1. The van der Waals surface area contributed by atoms with E-state index in [9.17, 15) is 0 Å². The predicted octanol–water partition coefficient (Wildman–Crippen LogP) is 4.20. The zero-order chi connectivity index (χ0) is 15.8. The number of methoxy groups -OCH3 is 1. The molecule has 22 heavy (non-hydrogen) atoms. The number of nitrogens with two attached hydrogens (primary N) is 1. The molecule has 3 nitrogen and oxygen atoms in total. The Morgan fingerprint density at radius 3 is 2.50 bits per heavy atom. The molecule has 1 aromatic carbocycles. The van der Waals surface area contributed by atoms with Gasteiger partial charge in [0, 0.05) is 16.5 Å². The molecule has 1 fully saturated rings. The molecule has 1 saturated carbocycles. The predicted molar refractivity (Wildman–Crippen MR) is 96.8 cm³/mol. The van der Waals surface area contributed by atoms with Crippen molar-refractivity contribution < 1.29 is 4.74 Å². The molecule has 0 aliphatic heterocycles. The monoisotopic (exact) mass is 320 g/mol. The van der Waals surface area contributed by atoms with E-state index in [0.29, 0.717) is 0 Å². The molecular formula is C18H28N2OS. The minimum absolute atomic E-state index is 0.796. The first-order valence-electron chi connectivity index (χ1n) is 8.15. The first-order valence-corrected chi connectivity index (χ1v) is 9.13. The Hall–Kier alpha value is -1.13. The summed E-state index contributed by atoms with van der Waals surface area (Å²) in [5.74, 6) is 2.57. The summed E-state index contributed by atoms with van der Waals surface area (Å²) in [6, 6.07) is 8.05. The van der Waals surface area contributed by atoms with Gasteiger partial charge in [-0.2, -0.15) is 0 Å². The molecule has 0 saturated heterocycles. The molecule has 2 rings (SSSR count). The summed E-state index contributed by atoms with van der Waals surface area (Å²) in [5.41, 5.74) is 8.50. The Kier molecular flexibility index (Phi) is 7.13. The normalized spacial score (nSPS) is 17.2. The number of allylic oxidation sites excluding steroid dienone is 1. The van der Waals surface area contributed by atoms with E-state index in [0.717, 1.165) is 35.2 Å². The van der Waals surface area contributed by atoms with Crippen molar-refractivity contribution in [3.05, 3.63) is 34.7 Å². The summed E-state index contributed by atoms with van der Waals surface area (Å²) in [5, 5.41) is 3.21. The summed E-state index contributed by atoms with van der Waals surface area (Å²) in [6.07, 6.45) is 7.95. The van der Waals surface area contributed by atoms with Crippen molar-refractivity contribution in [2.24, 2.45) is 11.7 Å². The number of hydrogen-bond donors (Lipinski definition) is 2. The van der Waals surface area contributed by atoms with Crippen LogP contribution in [-0.2, 0) is 0 Å². The van der Waals surface area contributed by atoms with Gasteiger partial charge in [0.15, 0.2) is 0 Å². The molecule has 1 aromatic rings. The van der Waals surface area contributed by atoms with Crippen molar-refractivity contribution in [1.82, 2.24) is 5.32 Å². The molecule has 0 unspecified atom stereocenters. The summed E-state index contributed by atoms with van der Waals surface area (Å²) in [4.78, 5) is 1.33. The SMILES string of the molecule is CNCS/C(CC1CCCCC1)=C(\N)c1ccc(OC)cc1. The lowest BCUT2D eigenvalue weighted by atomic mass is 9.86. The van der Waals surface area contributed by atoms with Crippen LogP contribution >= 0.6 is 11.8 Å². The number of ether oxygens (including phenoxy) is 1. The maximum Gasteiger partial charge on any atom is 0.118 e. The van der Waals surface area contributed by atoms with Crippen molar-refractivity contribution in [3.63, 3.8) is 0 Å². The fourth-order valence-electron chi connectivity index (χ4n) is 2.99. The van der Waals surface area contributed by atoms with E-state index in [1.807, 2.05) is 30.9 Å². The van der Waals surface area contributed by atoms with Gasteiger partial charge in [-0.25, -0.2) is 0 Å². The fourth-order valence-corrected chi connectivity index (χ4v) is 3.94. The second-order valence-corrected chi connectivity index (χ2v) is 6.99. The first-order chi connectivity index (χ1) is 10.7. The molecule has 4 heteroatoms. The standard InChI is InChI=1S/C18H28N2OS/c1-20-13-22-17(12-14-6-4-3-5-7-14)18(19)15-8-10-16(21-2)11-9-15/h8-11,14,20H,3-7,12-13,19H2,1-2H3/b18-17-. The van der Waals surface area contributed by atoms with Crippen LogP contribution in [0.3, 0.4) is 0 Å². The van der Waals surface area contributed by atoms with Crippen LogP contribution in [0.2, 0.25) is 0 Å². The highest BCUT2D eigenvalue weighted by Crippen LogP contribution is 2.35. The number of hydrogen-bond acceptors (Lipinski definition) is 4. The molecule has 0 aromatic heterocycles. The first kappa shape index (κ1) is 17.2. The van der Waals surface area contributed by atoms with Crippen LogP contribution in [0, 0.1) is 5.92 Å². The van der Waals surface area contributed by atoms with Crippen LogP contribution in [0.1, 0.15) is 44.1 Å². The minimum atomic E-state index is 0.796. The van der Waals surface area contributed by atoms with Gasteiger partial charge in [-0.05, 0) is 49.2 Å². The molecule has 0 spiro atoms. The highest BCUT2D eigenvalue weighted by atomic mass is 32.2. The molecule has 0 atom stereocenters. The lowest BCUT2D eigenvalue weighted by molar-refractivity contribution is 0.360. The van der Waals surface area contributed by atoms with Gasteiger partial charge in [-0.15, -0.1) is 11.8 Å². The van der Waals surface area contributed by atoms with Gasteiger partial charge >= 0.3 is 0 Å². The van der Waals surface area contributed by atoms with Crippen LogP contribution in [0.5, 0.6) is 5.75 Å². The molecule has 0 radical (unpaired) electrons. The molecule has 0 amide bonds. The number of nitrogens with one attached hydrogen (secondary N) is 1. The summed E-state index contributed by atoms with van der Waals surface area (Å²) in [7, 11) is 3.67. The third-order valence-electron chi connectivity index (χ3n) is 4.29. The van der Waals surface area contributed by atoms with Crippen molar-refractivity contribution in [2.75, 3.05) is 20.0 Å². The van der Waals surface area contributed by atoms with Crippen molar-refractivity contribution in [2.45, 2.75) is 38.5 Å². The van der Waals surface area contributed by atoms with Gasteiger partial charge in [-0.3, -0.25) is 0 Å². The topological polar surface area (TPSA) is 47.3 Å². The van der Waals surface area contributed by atoms with Gasteiger partial charge in [0.25, 0.3) is 0 Å². The third kappa shape index (κ3) is 4.96. The van der Waals surface area contributed by atoms with Gasteiger partial charge in [0.1, 0.15) is 5.75 Å². The van der Waals surface area contributed by atoms with Crippen molar-refractivity contribution in [1.29, 1.82) is 0 Å². The van der Waals surface area contributed by atoms with Gasteiger partial charge < -0.3 is 15.8 Å². The van der Waals surface area contributed by atoms with E-state index in [2.05, 4.69) is 17.4 Å². The Morgan fingerprint density at radius 1 is 1.23 bits per heavy atom. The van der Waals surface area contributed by atoms with Gasteiger partial charge in [0.2, 0.25) is 0 Å². The van der Waals surface area contributed by atoms with Crippen LogP contribution in [-0.4, -0.2) is 20.0 Å². The van der Waals surface area contributed by atoms with Gasteiger partial charge in [0.05, 0.1) is 7.11 Å². The molecule has 1 aliphatic rings. The number of benzene rings is 1. The second-order valence-electron chi connectivity index (χ2n) is 5.92.